The van der Waals surface area contributed by atoms with Gasteiger partial charge < -0.3 is 20.6 Å². The average molecular weight is 386 g/mol. The summed E-state index contributed by atoms with van der Waals surface area (Å²) in [5.74, 6) is 1.70. The van der Waals surface area contributed by atoms with E-state index in [4.69, 9.17) is 0 Å². The molecular formula is C20H31N7O. The van der Waals surface area contributed by atoms with Crippen molar-refractivity contribution in [1.29, 1.82) is 0 Å². The van der Waals surface area contributed by atoms with Gasteiger partial charge in [-0.15, -0.1) is 0 Å². The monoisotopic (exact) mass is 385 g/mol. The van der Waals surface area contributed by atoms with Gasteiger partial charge in [-0.1, -0.05) is 0 Å². The number of nitrogens with one attached hydrogen (secondary N) is 2. The van der Waals surface area contributed by atoms with Gasteiger partial charge in [-0.25, -0.2) is 9.98 Å². The van der Waals surface area contributed by atoms with Crippen LogP contribution in [-0.4, -0.2) is 52.0 Å². The molecule has 152 valence electrons. The molecule has 0 bridgehead atoms. The number of nitrogens with zero attached hydrogens (tertiary/aromatic N) is 5. The van der Waals surface area contributed by atoms with Crippen LogP contribution in [0.2, 0.25) is 0 Å². The molecule has 1 unspecified atom stereocenters. The third kappa shape index (κ3) is 5.22. The molecule has 0 saturated carbocycles. The van der Waals surface area contributed by atoms with E-state index in [9.17, 15) is 5.11 Å². The lowest BCUT2D eigenvalue weighted by molar-refractivity contribution is 0.0616. The summed E-state index contributed by atoms with van der Waals surface area (Å²) in [6, 6.07) is 4.11. The fourth-order valence-corrected chi connectivity index (χ4v) is 3.25. The number of hydrogen-bond acceptors (Lipinski definition) is 5. The highest BCUT2D eigenvalue weighted by Gasteiger charge is 2.25. The molecule has 1 atom stereocenters. The Bertz CT molecular complexity index is 793. The lowest BCUT2D eigenvalue weighted by atomic mass is 10.00. The molecule has 2 aromatic heterocycles. The van der Waals surface area contributed by atoms with E-state index in [0.29, 0.717) is 19.0 Å². The zero-order valence-electron chi connectivity index (χ0n) is 17.0. The van der Waals surface area contributed by atoms with Crippen LogP contribution in [0.3, 0.4) is 0 Å². The Morgan fingerprint density at radius 2 is 2.11 bits per heavy atom. The van der Waals surface area contributed by atoms with Gasteiger partial charge in [0.15, 0.2) is 5.96 Å². The lowest BCUT2D eigenvalue weighted by Gasteiger charge is -2.23. The molecule has 0 aromatic carbocycles. The Labute approximate surface area is 166 Å². The summed E-state index contributed by atoms with van der Waals surface area (Å²) >= 11 is 0. The summed E-state index contributed by atoms with van der Waals surface area (Å²) in [5, 5.41) is 21.4. The van der Waals surface area contributed by atoms with Crippen LogP contribution in [0.15, 0.2) is 35.7 Å². The molecule has 1 saturated heterocycles. The van der Waals surface area contributed by atoms with E-state index in [1.165, 1.54) is 12.8 Å². The first-order chi connectivity index (χ1) is 13.5. The van der Waals surface area contributed by atoms with Crippen LogP contribution in [0, 0.1) is 0 Å². The van der Waals surface area contributed by atoms with Crippen LogP contribution in [0.4, 0.5) is 5.82 Å². The van der Waals surface area contributed by atoms with Crippen LogP contribution in [0.1, 0.15) is 37.8 Å². The van der Waals surface area contributed by atoms with E-state index >= 15 is 0 Å². The number of pyridine rings is 1. The maximum Gasteiger partial charge on any atom is 0.191 e. The number of aliphatic imine (C=N–C) groups is 1. The van der Waals surface area contributed by atoms with Crippen molar-refractivity contribution in [2.75, 3.05) is 31.1 Å². The van der Waals surface area contributed by atoms with Gasteiger partial charge in [-0.05, 0) is 44.4 Å². The lowest BCUT2D eigenvalue weighted by Crippen LogP contribution is -2.44. The van der Waals surface area contributed by atoms with E-state index in [2.05, 4.69) is 36.7 Å². The molecule has 0 amide bonds. The number of anilines is 1. The first-order valence-electron chi connectivity index (χ1n) is 9.91. The van der Waals surface area contributed by atoms with Gasteiger partial charge in [0.05, 0.1) is 19.3 Å². The minimum Gasteiger partial charge on any atom is -0.383 e. The Morgan fingerprint density at radius 3 is 2.79 bits per heavy atom. The summed E-state index contributed by atoms with van der Waals surface area (Å²) in [4.78, 5) is 11.5. The van der Waals surface area contributed by atoms with Crippen molar-refractivity contribution in [3.05, 3.63) is 41.9 Å². The molecule has 28 heavy (non-hydrogen) atoms. The van der Waals surface area contributed by atoms with Gasteiger partial charge in [-0.3, -0.25) is 4.68 Å². The summed E-state index contributed by atoms with van der Waals surface area (Å²) < 4.78 is 1.69. The average Bonchev–Trinajstić information content (AvgIpc) is 3.36. The maximum atomic E-state index is 10.7. The Balaban J connectivity index is 1.63. The molecule has 8 nitrogen and oxygen atoms in total. The fraction of sp³-hybridized carbons (Fsp3) is 0.550. The van der Waals surface area contributed by atoms with Crippen LogP contribution in [0.25, 0.3) is 0 Å². The molecule has 0 aliphatic carbocycles. The van der Waals surface area contributed by atoms with Gasteiger partial charge in [0.25, 0.3) is 0 Å². The van der Waals surface area contributed by atoms with E-state index in [-0.39, 0.29) is 0 Å². The topological polar surface area (TPSA) is 90.6 Å². The predicted octanol–water partition coefficient (Wildman–Crippen LogP) is 1.38. The second kappa shape index (κ2) is 9.05. The number of aryl methyl sites for hydroxylation is 1. The zero-order valence-corrected chi connectivity index (χ0v) is 17.0. The molecule has 1 fully saturated rings. The van der Waals surface area contributed by atoms with Gasteiger partial charge in [0.1, 0.15) is 11.4 Å². The van der Waals surface area contributed by atoms with Crippen molar-refractivity contribution in [3.8, 4) is 0 Å². The summed E-state index contributed by atoms with van der Waals surface area (Å²) in [6.45, 7) is 7.57. The van der Waals surface area contributed by atoms with Gasteiger partial charge >= 0.3 is 0 Å². The van der Waals surface area contributed by atoms with Crippen molar-refractivity contribution in [2.45, 2.75) is 38.8 Å². The van der Waals surface area contributed by atoms with Crippen LogP contribution < -0.4 is 15.5 Å². The Morgan fingerprint density at radius 1 is 1.32 bits per heavy atom. The molecule has 1 aliphatic heterocycles. The predicted molar refractivity (Wildman–Crippen MR) is 111 cm³/mol. The smallest absolute Gasteiger partial charge is 0.191 e. The van der Waals surface area contributed by atoms with Crippen molar-refractivity contribution < 1.29 is 5.11 Å². The molecule has 0 spiro atoms. The minimum absolute atomic E-state index is 0.333. The molecule has 1 aliphatic rings. The first-order valence-corrected chi connectivity index (χ1v) is 9.91. The van der Waals surface area contributed by atoms with Crippen LogP contribution in [0.5, 0.6) is 0 Å². The van der Waals surface area contributed by atoms with Gasteiger partial charge in [0, 0.05) is 44.6 Å². The molecule has 0 radical (unpaired) electrons. The number of aliphatic hydroxyl groups is 1. The number of aromatic nitrogens is 3. The Kier molecular flexibility index (Phi) is 6.51. The first kappa shape index (κ1) is 20.1. The Hall–Kier alpha value is -2.61. The third-order valence-electron chi connectivity index (χ3n) is 4.93. The van der Waals surface area contributed by atoms with E-state index in [1.807, 2.05) is 32.4 Å². The van der Waals surface area contributed by atoms with E-state index < -0.39 is 5.60 Å². The highest BCUT2D eigenvalue weighted by atomic mass is 16.3. The largest absolute Gasteiger partial charge is 0.383 e. The third-order valence-corrected chi connectivity index (χ3v) is 4.93. The highest BCUT2D eigenvalue weighted by molar-refractivity contribution is 5.79. The fourth-order valence-electron chi connectivity index (χ4n) is 3.25. The second-order valence-electron chi connectivity index (χ2n) is 7.44. The van der Waals surface area contributed by atoms with Gasteiger partial charge in [0.2, 0.25) is 0 Å². The quantitative estimate of drug-likeness (QED) is 0.493. The van der Waals surface area contributed by atoms with Crippen LogP contribution in [-0.2, 0) is 19.2 Å². The molecular weight excluding hydrogens is 354 g/mol. The standard InChI is InChI=1S/C20H31N7O/c1-4-21-19(24-15-20(2,28)17-13-25-26(3)14-17)23-12-16-7-8-22-18(11-16)27-9-5-6-10-27/h7-8,11,13-14,28H,4-6,9-10,12,15H2,1-3H3,(H2,21,23,24). The summed E-state index contributed by atoms with van der Waals surface area (Å²) in [5.41, 5.74) is 0.847. The van der Waals surface area contributed by atoms with Crippen molar-refractivity contribution in [2.24, 2.45) is 12.0 Å². The number of guanidine groups is 1. The van der Waals surface area contributed by atoms with Crippen molar-refractivity contribution >= 4 is 11.8 Å². The molecule has 3 heterocycles. The highest BCUT2D eigenvalue weighted by Crippen LogP contribution is 2.19. The molecule has 3 N–H and O–H groups in total. The summed E-state index contributed by atoms with van der Waals surface area (Å²) in [6.07, 6.45) is 7.82. The van der Waals surface area contributed by atoms with E-state index in [1.54, 1.807) is 17.8 Å². The summed E-state index contributed by atoms with van der Waals surface area (Å²) in [7, 11) is 1.84. The zero-order chi connectivity index (χ0) is 20.0. The number of hydrogen-bond donors (Lipinski definition) is 3. The molecule has 2 aromatic rings. The van der Waals surface area contributed by atoms with Crippen LogP contribution >= 0.6 is 0 Å². The van der Waals surface area contributed by atoms with Crippen molar-refractivity contribution in [3.63, 3.8) is 0 Å². The normalized spacial score (nSPS) is 16.9. The second-order valence-corrected chi connectivity index (χ2v) is 7.44. The van der Waals surface area contributed by atoms with Gasteiger partial charge in [-0.2, -0.15) is 5.10 Å². The molecule has 8 heteroatoms. The minimum atomic E-state index is -1.04. The maximum absolute atomic E-state index is 10.7. The number of rotatable bonds is 7. The van der Waals surface area contributed by atoms with E-state index in [0.717, 1.165) is 36.6 Å². The SMILES string of the molecule is CCNC(=NCc1ccnc(N2CCCC2)c1)NCC(C)(O)c1cnn(C)c1. The molecule has 3 rings (SSSR count). The van der Waals surface area contributed by atoms with Crippen molar-refractivity contribution in [1.82, 2.24) is 25.4 Å².